The minimum absolute atomic E-state index is 0.211. The van der Waals surface area contributed by atoms with Gasteiger partial charge in [0.05, 0.1) is 11.1 Å². The highest BCUT2D eigenvalue weighted by Crippen LogP contribution is 2.24. The summed E-state index contributed by atoms with van der Waals surface area (Å²) in [4.78, 5) is 38.4. The third-order valence-corrected chi connectivity index (χ3v) is 4.53. The second-order valence-electron chi connectivity index (χ2n) is 6.59. The Kier molecular flexibility index (Phi) is 4.38. The Balaban J connectivity index is 1.46. The van der Waals surface area contributed by atoms with Crippen LogP contribution in [-0.2, 0) is 11.3 Å². The van der Waals surface area contributed by atoms with E-state index in [9.17, 15) is 18.8 Å². The minimum Gasteiger partial charge on any atom is -0.324 e. The van der Waals surface area contributed by atoms with Crippen LogP contribution >= 0.6 is 0 Å². The molecule has 1 aliphatic heterocycles. The highest BCUT2D eigenvalue weighted by atomic mass is 19.1. The number of benzene rings is 2. The predicted octanol–water partition coefficient (Wildman–Crippen LogP) is 1.65. The SMILES string of the molecule is Cc1cc(-c2nnn(CC(=O)Nc3ccc4c(c3)C(=O)N(C)C4=O)n2)ccc1F. The zero-order valence-electron chi connectivity index (χ0n) is 15.5. The first kappa shape index (κ1) is 18.4. The maximum Gasteiger partial charge on any atom is 0.261 e. The molecule has 29 heavy (non-hydrogen) atoms. The van der Waals surface area contributed by atoms with Crippen LogP contribution in [0.4, 0.5) is 10.1 Å². The number of nitrogens with zero attached hydrogens (tertiary/aromatic N) is 5. The molecule has 2 aromatic carbocycles. The Morgan fingerprint density at radius 2 is 1.86 bits per heavy atom. The maximum atomic E-state index is 13.4. The number of nitrogens with one attached hydrogen (secondary N) is 1. The number of aryl methyl sites for hydroxylation is 1. The summed E-state index contributed by atoms with van der Waals surface area (Å²) >= 11 is 0. The van der Waals surface area contributed by atoms with Gasteiger partial charge in [-0.1, -0.05) is 0 Å². The monoisotopic (exact) mass is 394 g/mol. The predicted molar refractivity (Wildman–Crippen MR) is 99.4 cm³/mol. The largest absolute Gasteiger partial charge is 0.324 e. The van der Waals surface area contributed by atoms with Crippen molar-refractivity contribution in [3.05, 3.63) is 58.9 Å². The summed E-state index contributed by atoms with van der Waals surface area (Å²) in [5.74, 6) is -1.29. The van der Waals surface area contributed by atoms with Crippen LogP contribution in [0.2, 0.25) is 0 Å². The van der Waals surface area contributed by atoms with Crippen molar-refractivity contribution in [2.45, 2.75) is 13.5 Å². The molecule has 4 rings (SSSR count). The number of hydrogen-bond acceptors (Lipinski definition) is 6. The molecule has 3 aromatic rings. The number of rotatable bonds is 4. The van der Waals surface area contributed by atoms with Gasteiger partial charge in [-0.15, -0.1) is 10.2 Å². The lowest BCUT2D eigenvalue weighted by atomic mass is 10.1. The summed E-state index contributed by atoms with van der Waals surface area (Å²) < 4.78 is 13.4. The molecule has 146 valence electrons. The van der Waals surface area contributed by atoms with Crippen LogP contribution in [0.15, 0.2) is 36.4 Å². The van der Waals surface area contributed by atoms with Crippen LogP contribution < -0.4 is 5.32 Å². The summed E-state index contributed by atoms with van der Waals surface area (Å²) in [6.07, 6.45) is 0. The molecule has 9 nitrogen and oxygen atoms in total. The number of carbonyl (C=O) groups is 3. The highest BCUT2D eigenvalue weighted by molar-refractivity contribution is 6.21. The number of carbonyl (C=O) groups excluding carboxylic acids is 3. The van der Waals surface area contributed by atoms with E-state index in [0.717, 1.165) is 9.70 Å². The Morgan fingerprint density at radius 3 is 2.62 bits per heavy atom. The molecule has 0 atom stereocenters. The van der Waals surface area contributed by atoms with Gasteiger partial charge in [-0.2, -0.15) is 4.80 Å². The fraction of sp³-hybridized carbons (Fsp3) is 0.158. The summed E-state index contributed by atoms with van der Waals surface area (Å²) in [5.41, 5.74) is 1.95. The smallest absolute Gasteiger partial charge is 0.261 e. The molecule has 0 saturated carbocycles. The summed E-state index contributed by atoms with van der Waals surface area (Å²) in [7, 11) is 1.40. The van der Waals surface area contributed by atoms with Gasteiger partial charge >= 0.3 is 0 Å². The first-order chi connectivity index (χ1) is 13.8. The second-order valence-corrected chi connectivity index (χ2v) is 6.59. The second kappa shape index (κ2) is 6.89. The van der Waals surface area contributed by atoms with Crippen molar-refractivity contribution in [3.8, 4) is 11.4 Å². The van der Waals surface area contributed by atoms with Crippen LogP contribution in [0.3, 0.4) is 0 Å². The molecule has 0 bridgehead atoms. The first-order valence-electron chi connectivity index (χ1n) is 8.64. The molecule has 1 N–H and O–H groups in total. The van der Waals surface area contributed by atoms with Gasteiger partial charge in [0.2, 0.25) is 11.7 Å². The third kappa shape index (κ3) is 3.35. The van der Waals surface area contributed by atoms with Crippen molar-refractivity contribution in [2.75, 3.05) is 12.4 Å². The van der Waals surface area contributed by atoms with Crippen LogP contribution in [-0.4, -0.2) is 49.9 Å². The van der Waals surface area contributed by atoms with Crippen molar-refractivity contribution >= 4 is 23.4 Å². The van der Waals surface area contributed by atoms with Gasteiger partial charge in [0.1, 0.15) is 12.4 Å². The topological polar surface area (TPSA) is 110 Å². The number of halogens is 1. The lowest BCUT2D eigenvalue weighted by Gasteiger charge is -2.05. The van der Waals surface area contributed by atoms with Crippen molar-refractivity contribution in [3.63, 3.8) is 0 Å². The van der Waals surface area contributed by atoms with E-state index in [0.29, 0.717) is 22.4 Å². The van der Waals surface area contributed by atoms with E-state index in [-0.39, 0.29) is 29.7 Å². The van der Waals surface area contributed by atoms with Crippen molar-refractivity contribution in [1.29, 1.82) is 0 Å². The van der Waals surface area contributed by atoms with Crippen molar-refractivity contribution in [1.82, 2.24) is 25.1 Å². The van der Waals surface area contributed by atoms with Crippen LogP contribution in [0.25, 0.3) is 11.4 Å². The number of anilines is 1. The average Bonchev–Trinajstić information content (AvgIpc) is 3.23. The number of imide groups is 1. The molecule has 0 aliphatic carbocycles. The molecule has 0 unspecified atom stereocenters. The quantitative estimate of drug-likeness (QED) is 0.674. The van der Waals surface area contributed by atoms with E-state index in [4.69, 9.17) is 0 Å². The zero-order valence-corrected chi connectivity index (χ0v) is 15.5. The fourth-order valence-corrected chi connectivity index (χ4v) is 2.98. The molecule has 2 heterocycles. The lowest BCUT2D eigenvalue weighted by molar-refractivity contribution is -0.117. The molecular formula is C19H15FN6O3. The molecule has 1 aromatic heterocycles. The minimum atomic E-state index is -0.436. The van der Waals surface area contributed by atoms with E-state index in [2.05, 4.69) is 20.7 Å². The van der Waals surface area contributed by atoms with Crippen LogP contribution in [0.1, 0.15) is 26.3 Å². The number of amides is 3. The standard InChI is InChI=1S/C19H15FN6O3/c1-10-7-11(3-6-15(10)20)17-22-24-26(23-17)9-16(27)21-12-4-5-13-14(8-12)19(29)25(2)18(13)28/h3-8H,9H2,1-2H3,(H,21,27). The van der Waals surface area contributed by atoms with Gasteiger partial charge in [0.15, 0.2) is 0 Å². The van der Waals surface area contributed by atoms with Gasteiger partial charge in [-0.05, 0) is 54.1 Å². The first-order valence-corrected chi connectivity index (χ1v) is 8.64. The number of tetrazole rings is 1. The molecule has 0 spiro atoms. The van der Waals surface area contributed by atoms with E-state index < -0.39 is 11.8 Å². The molecule has 1 aliphatic rings. The Hall–Kier alpha value is -3.95. The molecular weight excluding hydrogens is 379 g/mol. The van der Waals surface area contributed by atoms with Crippen LogP contribution in [0, 0.1) is 12.7 Å². The van der Waals surface area contributed by atoms with Gasteiger partial charge in [-0.3, -0.25) is 19.3 Å². The molecule has 10 heteroatoms. The van der Waals surface area contributed by atoms with Gasteiger partial charge < -0.3 is 5.32 Å². The Labute approximate surface area is 164 Å². The maximum absolute atomic E-state index is 13.4. The van der Waals surface area contributed by atoms with E-state index in [1.54, 1.807) is 19.1 Å². The summed E-state index contributed by atoms with van der Waals surface area (Å²) in [6, 6.07) is 8.94. The number of hydrogen-bond donors (Lipinski definition) is 1. The van der Waals surface area contributed by atoms with Crippen molar-refractivity contribution < 1.29 is 18.8 Å². The molecule has 3 amide bonds. The fourth-order valence-electron chi connectivity index (χ4n) is 2.98. The molecule has 0 fully saturated rings. The normalized spacial score (nSPS) is 13.0. The van der Waals surface area contributed by atoms with Crippen LogP contribution in [0.5, 0.6) is 0 Å². The summed E-state index contributed by atoms with van der Waals surface area (Å²) in [5, 5.41) is 14.5. The number of aromatic nitrogens is 4. The van der Waals surface area contributed by atoms with Crippen molar-refractivity contribution in [2.24, 2.45) is 0 Å². The molecule has 0 radical (unpaired) electrons. The highest BCUT2D eigenvalue weighted by Gasteiger charge is 2.32. The Morgan fingerprint density at radius 1 is 1.10 bits per heavy atom. The third-order valence-electron chi connectivity index (χ3n) is 4.53. The van der Waals surface area contributed by atoms with E-state index in [1.807, 2.05) is 0 Å². The van der Waals surface area contributed by atoms with Gasteiger partial charge in [-0.25, -0.2) is 4.39 Å². The molecule has 0 saturated heterocycles. The lowest BCUT2D eigenvalue weighted by Crippen LogP contribution is -2.24. The number of fused-ring (bicyclic) bond motifs is 1. The summed E-state index contributed by atoms with van der Waals surface area (Å²) in [6.45, 7) is 1.42. The van der Waals surface area contributed by atoms with Gasteiger partial charge in [0, 0.05) is 18.3 Å². The zero-order chi connectivity index (χ0) is 20.7. The average molecular weight is 394 g/mol. The Bertz CT molecular complexity index is 1170. The van der Waals surface area contributed by atoms with Gasteiger partial charge in [0.25, 0.3) is 11.8 Å². The van der Waals surface area contributed by atoms with E-state index in [1.165, 1.54) is 31.3 Å². The van der Waals surface area contributed by atoms with E-state index >= 15 is 0 Å².